The summed E-state index contributed by atoms with van der Waals surface area (Å²) in [7, 11) is -3.14. The Bertz CT molecular complexity index is 1380. The molecule has 0 radical (unpaired) electrons. The standard InChI is InChI=1S/C25H25ClN4O2S/c1-24(2)15-27-13-17-5-4-16(12-20(17)24)22-21(26)14-28-23(30-22)29-19-8-6-18(7-9-19)25(10-11-25)33(3,31)32/h4-9,12-14H,10-11,15H2,1-3H3,(H,28,29,30). The van der Waals surface area contributed by atoms with Gasteiger partial charge in [0.25, 0.3) is 0 Å². The molecule has 5 rings (SSSR count). The van der Waals surface area contributed by atoms with E-state index in [9.17, 15) is 8.42 Å². The van der Waals surface area contributed by atoms with E-state index in [1.165, 1.54) is 11.8 Å². The molecule has 1 fully saturated rings. The van der Waals surface area contributed by atoms with Gasteiger partial charge in [0, 0.05) is 35.7 Å². The van der Waals surface area contributed by atoms with Crippen molar-refractivity contribution < 1.29 is 8.42 Å². The average Bonchev–Trinajstić information content (AvgIpc) is 3.58. The molecule has 6 nitrogen and oxygen atoms in total. The molecule has 0 amide bonds. The summed E-state index contributed by atoms with van der Waals surface area (Å²) >= 11 is 6.47. The molecule has 2 aliphatic rings. The van der Waals surface area contributed by atoms with Gasteiger partial charge in [-0.15, -0.1) is 0 Å². The summed E-state index contributed by atoms with van der Waals surface area (Å²) in [4.78, 5) is 13.5. The number of benzene rings is 2. The predicted octanol–water partition coefficient (Wildman–Crippen LogP) is 5.28. The summed E-state index contributed by atoms with van der Waals surface area (Å²) in [5, 5.41) is 3.68. The van der Waals surface area contributed by atoms with E-state index in [1.807, 2.05) is 36.5 Å². The van der Waals surface area contributed by atoms with Gasteiger partial charge in [0.1, 0.15) is 0 Å². The zero-order chi connectivity index (χ0) is 23.4. The van der Waals surface area contributed by atoms with Crippen LogP contribution in [0.15, 0.2) is 53.7 Å². The second kappa shape index (κ2) is 7.64. The Kier molecular flexibility index (Phi) is 5.10. The first-order valence-corrected chi connectivity index (χ1v) is 13.1. The van der Waals surface area contributed by atoms with Crippen molar-refractivity contribution in [1.29, 1.82) is 0 Å². The van der Waals surface area contributed by atoms with Gasteiger partial charge in [-0.1, -0.05) is 49.7 Å². The SMILES string of the molecule is CC1(C)CN=Cc2ccc(-c3nc(Nc4ccc(C5(S(C)(=O)=O)CC5)cc4)ncc3Cl)cc21. The Morgan fingerprint density at radius 1 is 1.06 bits per heavy atom. The van der Waals surface area contributed by atoms with Crippen molar-refractivity contribution in [3.05, 3.63) is 70.4 Å². The number of halogens is 1. The predicted molar refractivity (Wildman–Crippen MR) is 133 cm³/mol. The Morgan fingerprint density at radius 3 is 2.45 bits per heavy atom. The minimum atomic E-state index is -3.14. The minimum absolute atomic E-state index is 0.0622. The van der Waals surface area contributed by atoms with Crippen LogP contribution in [0.4, 0.5) is 11.6 Å². The Morgan fingerprint density at radius 2 is 1.79 bits per heavy atom. The van der Waals surface area contributed by atoms with E-state index in [0.29, 0.717) is 29.5 Å². The number of aromatic nitrogens is 2. The van der Waals surface area contributed by atoms with E-state index in [-0.39, 0.29) is 5.41 Å². The number of hydrogen-bond donors (Lipinski definition) is 1. The van der Waals surface area contributed by atoms with Gasteiger partial charge in [-0.2, -0.15) is 0 Å². The van der Waals surface area contributed by atoms with Gasteiger partial charge in [-0.25, -0.2) is 18.4 Å². The van der Waals surface area contributed by atoms with Crippen LogP contribution < -0.4 is 5.32 Å². The molecule has 0 bridgehead atoms. The Hall–Kier alpha value is -2.77. The molecule has 1 aliphatic carbocycles. The first-order valence-electron chi connectivity index (χ1n) is 10.8. The van der Waals surface area contributed by atoms with Crippen LogP contribution in [0, 0.1) is 0 Å². The van der Waals surface area contributed by atoms with Crippen LogP contribution in [0.2, 0.25) is 5.02 Å². The third-order valence-corrected chi connectivity index (χ3v) is 8.94. The van der Waals surface area contributed by atoms with Crippen molar-refractivity contribution in [2.45, 2.75) is 36.9 Å². The quantitative estimate of drug-likeness (QED) is 0.536. The zero-order valence-corrected chi connectivity index (χ0v) is 20.3. The topological polar surface area (TPSA) is 84.3 Å². The molecule has 0 atom stereocenters. The molecule has 33 heavy (non-hydrogen) atoms. The molecule has 2 aromatic carbocycles. The van der Waals surface area contributed by atoms with Gasteiger partial charge in [-0.3, -0.25) is 4.99 Å². The molecule has 0 saturated heterocycles. The summed E-state index contributed by atoms with van der Waals surface area (Å²) in [6.07, 6.45) is 6.16. The minimum Gasteiger partial charge on any atom is -0.324 e. The van der Waals surface area contributed by atoms with E-state index in [4.69, 9.17) is 11.6 Å². The summed E-state index contributed by atoms with van der Waals surface area (Å²) in [6.45, 7) is 5.10. The average molecular weight is 481 g/mol. The van der Waals surface area contributed by atoms with Gasteiger partial charge in [0.15, 0.2) is 9.84 Å². The molecule has 1 N–H and O–H groups in total. The summed E-state index contributed by atoms with van der Waals surface area (Å²) in [5.41, 5.74) is 5.45. The van der Waals surface area contributed by atoms with Gasteiger partial charge in [0.2, 0.25) is 5.95 Å². The van der Waals surface area contributed by atoms with E-state index in [1.54, 1.807) is 6.20 Å². The van der Waals surface area contributed by atoms with Crippen molar-refractivity contribution in [3.8, 4) is 11.3 Å². The molecule has 0 unspecified atom stereocenters. The van der Waals surface area contributed by atoms with Gasteiger partial charge >= 0.3 is 0 Å². The van der Waals surface area contributed by atoms with Gasteiger partial charge in [-0.05, 0) is 47.7 Å². The highest BCUT2D eigenvalue weighted by Crippen LogP contribution is 2.52. The molecule has 0 spiro atoms. The highest BCUT2D eigenvalue weighted by molar-refractivity contribution is 7.92. The van der Waals surface area contributed by atoms with Crippen molar-refractivity contribution in [1.82, 2.24) is 9.97 Å². The summed E-state index contributed by atoms with van der Waals surface area (Å²) in [5.74, 6) is 0.421. The zero-order valence-electron chi connectivity index (χ0n) is 18.8. The lowest BCUT2D eigenvalue weighted by Crippen LogP contribution is -2.26. The second-order valence-electron chi connectivity index (χ2n) is 9.51. The van der Waals surface area contributed by atoms with Crippen LogP contribution >= 0.6 is 11.6 Å². The fourth-order valence-electron chi connectivity index (χ4n) is 4.46. The maximum Gasteiger partial charge on any atom is 0.227 e. The molecule has 170 valence electrons. The highest BCUT2D eigenvalue weighted by Gasteiger charge is 2.53. The Balaban J connectivity index is 1.43. The summed E-state index contributed by atoms with van der Waals surface area (Å²) < 4.78 is 23.6. The first-order chi connectivity index (χ1) is 15.6. The molecular formula is C25H25ClN4O2S. The van der Waals surface area contributed by atoms with Crippen LogP contribution in [0.3, 0.4) is 0 Å². The number of nitrogens with zero attached hydrogens (tertiary/aromatic N) is 3. The third kappa shape index (κ3) is 3.93. The lowest BCUT2D eigenvalue weighted by molar-refractivity contribution is 0.534. The highest BCUT2D eigenvalue weighted by atomic mass is 35.5. The fraction of sp³-hybridized carbons (Fsp3) is 0.320. The number of sulfone groups is 1. The summed E-state index contributed by atoms with van der Waals surface area (Å²) in [6, 6.07) is 13.6. The maximum absolute atomic E-state index is 12.2. The first kappa shape index (κ1) is 22.0. The van der Waals surface area contributed by atoms with Crippen LogP contribution in [0.25, 0.3) is 11.3 Å². The van der Waals surface area contributed by atoms with Crippen LogP contribution in [-0.4, -0.2) is 37.4 Å². The number of aliphatic imine (C=N–C) groups is 1. The van der Waals surface area contributed by atoms with E-state index in [2.05, 4.69) is 46.3 Å². The number of anilines is 2. The molecule has 2 heterocycles. The number of hydrogen-bond acceptors (Lipinski definition) is 6. The lowest BCUT2D eigenvalue weighted by atomic mass is 9.79. The second-order valence-corrected chi connectivity index (χ2v) is 12.2. The van der Waals surface area contributed by atoms with Crippen molar-refractivity contribution in [2.75, 3.05) is 18.1 Å². The molecule has 3 aromatic rings. The normalized spacial score (nSPS) is 17.9. The van der Waals surface area contributed by atoms with E-state index < -0.39 is 14.6 Å². The molecule has 1 aliphatic heterocycles. The smallest absolute Gasteiger partial charge is 0.227 e. The Labute approximate surface area is 199 Å². The monoisotopic (exact) mass is 480 g/mol. The molecule has 1 aromatic heterocycles. The van der Waals surface area contributed by atoms with Crippen molar-refractivity contribution >= 4 is 39.3 Å². The number of rotatable bonds is 5. The van der Waals surface area contributed by atoms with Crippen LogP contribution in [0.5, 0.6) is 0 Å². The number of nitrogens with one attached hydrogen (secondary N) is 1. The van der Waals surface area contributed by atoms with Gasteiger partial charge in [0.05, 0.1) is 21.7 Å². The van der Waals surface area contributed by atoms with Crippen molar-refractivity contribution in [3.63, 3.8) is 0 Å². The number of fused-ring (bicyclic) bond motifs is 1. The van der Waals surface area contributed by atoms with Crippen LogP contribution in [0.1, 0.15) is 43.4 Å². The van der Waals surface area contributed by atoms with Crippen LogP contribution in [-0.2, 0) is 20.0 Å². The molecular weight excluding hydrogens is 456 g/mol. The van der Waals surface area contributed by atoms with E-state index >= 15 is 0 Å². The van der Waals surface area contributed by atoms with Crippen molar-refractivity contribution in [2.24, 2.45) is 4.99 Å². The largest absolute Gasteiger partial charge is 0.324 e. The third-order valence-electron chi connectivity index (χ3n) is 6.60. The molecule has 1 saturated carbocycles. The van der Waals surface area contributed by atoms with E-state index in [0.717, 1.165) is 28.9 Å². The van der Waals surface area contributed by atoms with Gasteiger partial charge < -0.3 is 5.32 Å². The maximum atomic E-state index is 12.2. The lowest BCUT2D eigenvalue weighted by Gasteiger charge is -2.28. The molecule has 8 heteroatoms. The fourth-order valence-corrected chi connectivity index (χ4v) is 6.07.